The zero-order valence-electron chi connectivity index (χ0n) is 12.9. The monoisotopic (exact) mass is 272 g/mol. The first-order chi connectivity index (χ1) is 9.55. The van der Waals surface area contributed by atoms with E-state index in [1.165, 1.54) is 44.3 Å². The molecule has 1 aromatic rings. The average Bonchev–Trinajstić information content (AvgIpc) is 2.92. The van der Waals surface area contributed by atoms with Gasteiger partial charge in [-0.15, -0.1) is 0 Å². The van der Waals surface area contributed by atoms with Crippen molar-refractivity contribution in [3.05, 3.63) is 35.9 Å². The van der Waals surface area contributed by atoms with Gasteiger partial charge in [-0.2, -0.15) is 0 Å². The lowest BCUT2D eigenvalue weighted by molar-refractivity contribution is 0.0942. The zero-order valence-corrected chi connectivity index (χ0v) is 12.9. The first kappa shape index (κ1) is 14.1. The van der Waals surface area contributed by atoms with Crippen LogP contribution < -0.4 is 5.73 Å². The van der Waals surface area contributed by atoms with Crippen molar-refractivity contribution in [2.45, 2.75) is 57.5 Å². The van der Waals surface area contributed by atoms with Crippen molar-refractivity contribution < 1.29 is 0 Å². The molecule has 0 bridgehead atoms. The van der Waals surface area contributed by atoms with E-state index in [1.807, 2.05) is 0 Å². The molecule has 1 saturated heterocycles. The molecule has 1 aromatic carbocycles. The summed E-state index contributed by atoms with van der Waals surface area (Å²) in [5.41, 5.74) is 8.38. The van der Waals surface area contributed by atoms with E-state index in [4.69, 9.17) is 5.73 Å². The summed E-state index contributed by atoms with van der Waals surface area (Å²) < 4.78 is 0. The smallest absolute Gasteiger partial charge is 0.0252 e. The Balaban J connectivity index is 1.67. The molecule has 3 unspecified atom stereocenters. The van der Waals surface area contributed by atoms with Crippen LogP contribution in [-0.2, 0) is 0 Å². The molecule has 0 amide bonds. The topological polar surface area (TPSA) is 29.3 Å². The van der Waals surface area contributed by atoms with Crippen molar-refractivity contribution in [3.63, 3.8) is 0 Å². The summed E-state index contributed by atoms with van der Waals surface area (Å²) in [6.07, 6.45) is 5.01. The van der Waals surface area contributed by atoms with Crippen LogP contribution in [-0.4, -0.2) is 30.1 Å². The molecule has 0 aromatic heterocycles. The first-order valence-electron chi connectivity index (χ1n) is 8.10. The maximum atomic E-state index is 6.42. The molecule has 2 nitrogen and oxygen atoms in total. The van der Waals surface area contributed by atoms with E-state index >= 15 is 0 Å². The van der Waals surface area contributed by atoms with E-state index in [9.17, 15) is 0 Å². The van der Waals surface area contributed by atoms with Gasteiger partial charge in [-0.1, -0.05) is 44.2 Å². The second kappa shape index (κ2) is 5.50. The van der Waals surface area contributed by atoms with Gasteiger partial charge < -0.3 is 5.73 Å². The maximum absolute atomic E-state index is 6.42. The summed E-state index contributed by atoms with van der Waals surface area (Å²) in [4.78, 5) is 2.67. The number of hydrogen-bond donors (Lipinski definition) is 1. The summed E-state index contributed by atoms with van der Waals surface area (Å²) in [7, 11) is 0. The van der Waals surface area contributed by atoms with Crippen LogP contribution in [0.4, 0.5) is 0 Å². The number of nitrogens with zero attached hydrogens (tertiary/aromatic N) is 1. The molecular weight excluding hydrogens is 244 g/mol. The van der Waals surface area contributed by atoms with Crippen molar-refractivity contribution in [1.29, 1.82) is 0 Å². The van der Waals surface area contributed by atoms with Crippen LogP contribution in [0.25, 0.3) is 0 Å². The van der Waals surface area contributed by atoms with Crippen LogP contribution in [0.1, 0.15) is 51.0 Å². The van der Waals surface area contributed by atoms with Gasteiger partial charge in [0.25, 0.3) is 0 Å². The van der Waals surface area contributed by atoms with Crippen LogP contribution in [0.2, 0.25) is 0 Å². The van der Waals surface area contributed by atoms with E-state index in [0.29, 0.717) is 23.4 Å². The van der Waals surface area contributed by atoms with E-state index in [0.717, 1.165) is 0 Å². The summed E-state index contributed by atoms with van der Waals surface area (Å²) in [6, 6.07) is 11.9. The van der Waals surface area contributed by atoms with E-state index in [2.05, 4.69) is 49.1 Å². The van der Waals surface area contributed by atoms with Gasteiger partial charge >= 0.3 is 0 Å². The minimum absolute atomic E-state index is 0.373. The van der Waals surface area contributed by atoms with Gasteiger partial charge in [0, 0.05) is 18.6 Å². The largest absolute Gasteiger partial charge is 0.326 e. The molecule has 20 heavy (non-hydrogen) atoms. The quantitative estimate of drug-likeness (QED) is 0.894. The predicted octanol–water partition coefficient (Wildman–Crippen LogP) is 3.38. The SMILES string of the molecule is CC1(C)CCC(N)C(N2CCC(c3ccccc3)C2)C1. The highest BCUT2D eigenvalue weighted by atomic mass is 15.2. The fraction of sp³-hybridized carbons (Fsp3) is 0.667. The molecule has 1 aliphatic heterocycles. The number of rotatable bonds is 2. The molecule has 0 spiro atoms. The van der Waals surface area contributed by atoms with Gasteiger partial charge in [0.05, 0.1) is 0 Å². The number of hydrogen-bond acceptors (Lipinski definition) is 2. The van der Waals surface area contributed by atoms with Gasteiger partial charge in [-0.05, 0) is 49.1 Å². The Morgan fingerprint density at radius 3 is 2.65 bits per heavy atom. The third-order valence-corrected chi connectivity index (χ3v) is 5.37. The lowest BCUT2D eigenvalue weighted by Gasteiger charge is -2.43. The van der Waals surface area contributed by atoms with Crippen molar-refractivity contribution in [1.82, 2.24) is 4.90 Å². The molecule has 3 atom stereocenters. The van der Waals surface area contributed by atoms with E-state index in [1.54, 1.807) is 0 Å². The third kappa shape index (κ3) is 2.91. The molecule has 110 valence electrons. The Kier molecular flexibility index (Phi) is 3.87. The van der Waals surface area contributed by atoms with Gasteiger partial charge in [-0.25, -0.2) is 0 Å². The lowest BCUT2D eigenvalue weighted by atomic mass is 9.72. The fourth-order valence-corrected chi connectivity index (χ4v) is 4.06. The fourth-order valence-electron chi connectivity index (χ4n) is 4.06. The minimum atomic E-state index is 0.373. The molecule has 2 heteroatoms. The van der Waals surface area contributed by atoms with Crippen LogP contribution in [0.3, 0.4) is 0 Å². The number of nitrogens with two attached hydrogens (primary N) is 1. The molecule has 2 aliphatic rings. The van der Waals surface area contributed by atoms with Crippen LogP contribution in [0, 0.1) is 5.41 Å². The zero-order chi connectivity index (χ0) is 14.2. The Labute approximate surface area is 123 Å². The van der Waals surface area contributed by atoms with Crippen molar-refractivity contribution >= 4 is 0 Å². The van der Waals surface area contributed by atoms with Crippen molar-refractivity contribution in [2.24, 2.45) is 11.1 Å². The van der Waals surface area contributed by atoms with Gasteiger partial charge in [0.15, 0.2) is 0 Å². The highest BCUT2D eigenvalue weighted by molar-refractivity contribution is 5.21. The van der Waals surface area contributed by atoms with Crippen LogP contribution in [0.5, 0.6) is 0 Å². The van der Waals surface area contributed by atoms with Gasteiger partial charge in [-0.3, -0.25) is 4.90 Å². The number of benzene rings is 1. The third-order valence-electron chi connectivity index (χ3n) is 5.37. The molecule has 2 N–H and O–H groups in total. The highest BCUT2D eigenvalue weighted by Crippen LogP contribution is 2.39. The van der Waals surface area contributed by atoms with Crippen molar-refractivity contribution in [3.8, 4) is 0 Å². The first-order valence-corrected chi connectivity index (χ1v) is 8.10. The Morgan fingerprint density at radius 1 is 1.15 bits per heavy atom. The lowest BCUT2D eigenvalue weighted by Crippen LogP contribution is -2.52. The Morgan fingerprint density at radius 2 is 1.90 bits per heavy atom. The summed E-state index contributed by atoms with van der Waals surface area (Å²) >= 11 is 0. The van der Waals surface area contributed by atoms with E-state index < -0.39 is 0 Å². The molecular formula is C18H28N2. The predicted molar refractivity (Wildman–Crippen MR) is 84.8 cm³/mol. The molecule has 1 saturated carbocycles. The van der Waals surface area contributed by atoms with Crippen molar-refractivity contribution in [2.75, 3.05) is 13.1 Å². The summed E-state index contributed by atoms with van der Waals surface area (Å²) in [5.74, 6) is 0.702. The van der Waals surface area contributed by atoms with Gasteiger partial charge in [0.1, 0.15) is 0 Å². The molecule has 2 fully saturated rings. The minimum Gasteiger partial charge on any atom is -0.326 e. The Hall–Kier alpha value is -0.860. The highest BCUT2D eigenvalue weighted by Gasteiger charge is 2.38. The normalized spacial score (nSPS) is 34.2. The van der Waals surface area contributed by atoms with Crippen LogP contribution >= 0.6 is 0 Å². The summed E-state index contributed by atoms with van der Waals surface area (Å²) in [6.45, 7) is 7.21. The van der Waals surface area contributed by atoms with E-state index in [-0.39, 0.29) is 0 Å². The Bertz CT molecular complexity index is 440. The second-order valence-electron chi connectivity index (χ2n) is 7.53. The molecule has 0 radical (unpaired) electrons. The van der Waals surface area contributed by atoms with Crippen LogP contribution in [0.15, 0.2) is 30.3 Å². The second-order valence-corrected chi connectivity index (χ2v) is 7.53. The average molecular weight is 272 g/mol. The van der Waals surface area contributed by atoms with Gasteiger partial charge in [0.2, 0.25) is 0 Å². The molecule has 3 rings (SSSR count). The standard InChI is InChI=1S/C18H28N2/c1-18(2)10-8-16(19)17(12-18)20-11-9-15(13-20)14-6-4-3-5-7-14/h3-7,15-17H,8-13,19H2,1-2H3. The number of likely N-dealkylation sites (tertiary alicyclic amines) is 1. The summed E-state index contributed by atoms with van der Waals surface area (Å²) in [5, 5.41) is 0. The maximum Gasteiger partial charge on any atom is 0.0252 e. The molecule has 1 aliphatic carbocycles. The molecule has 1 heterocycles.